The number of aromatic nitrogens is 7. The van der Waals surface area contributed by atoms with Crippen molar-refractivity contribution < 1.29 is 37.2 Å². The van der Waals surface area contributed by atoms with Gasteiger partial charge >= 0.3 is 0 Å². The molecular weight excluding hydrogens is 907 g/mol. The number of hydrogen-bond acceptors (Lipinski definition) is 17. The third-order valence-electron chi connectivity index (χ3n) is 14.6. The lowest BCUT2D eigenvalue weighted by Gasteiger charge is -2.63. The zero-order valence-electron chi connectivity index (χ0n) is 39.6. The van der Waals surface area contributed by atoms with Gasteiger partial charge in [-0.2, -0.15) is 5.10 Å². The fraction of sp³-hybridized carbons (Fsp3) is 0.542. The molecule has 4 N–H and O–H groups in total. The second-order valence-electron chi connectivity index (χ2n) is 20.0. The number of carbonyl (C=O) groups excluding carboxylic acids is 4. The summed E-state index contributed by atoms with van der Waals surface area (Å²) in [7, 11) is 2.17. The summed E-state index contributed by atoms with van der Waals surface area (Å²) in [6.45, 7) is 10.4. The van der Waals surface area contributed by atoms with E-state index in [-0.39, 0.29) is 60.6 Å². The van der Waals surface area contributed by atoms with Crippen LogP contribution in [0.15, 0.2) is 35.4 Å². The van der Waals surface area contributed by atoms with Crippen molar-refractivity contribution in [1.82, 2.24) is 54.9 Å². The van der Waals surface area contributed by atoms with Gasteiger partial charge in [0, 0.05) is 87.2 Å². The first-order chi connectivity index (χ1) is 33.8. The molecule has 6 fully saturated rings. The SMILES string of the molecule is CC(C)n1nc(-c2noc(C3CC3)c2-c2ncc(C3CCN(C)CC3)cn2)c2c(N)ncnc21.O=COCC(=O)N1CCC(N2CC3(CN(c4c(F)cc(NC5CCC(=O)NC5=O)cc4F)C3)C2)CC1. The van der Waals surface area contributed by atoms with Crippen LogP contribution in [0.2, 0.25) is 0 Å². The van der Waals surface area contributed by atoms with Gasteiger partial charge in [0.2, 0.25) is 11.8 Å². The summed E-state index contributed by atoms with van der Waals surface area (Å²) in [5.74, 6) is 0.219. The summed E-state index contributed by atoms with van der Waals surface area (Å²) >= 11 is 0. The predicted octanol–water partition coefficient (Wildman–Crippen LogP) is 4.26. The van der Waals surface area contributed by atoms with Gasteiger partial charge in [-0.3, -0.25) is 29.4 Å². The molecule has 5 aromatic rings. The van der Waals surface area contributed by atoms with Gasteiger partial charge in [0.15, 0.2) is 35.5 Å². The number of imide groups is 1. The fourth-order valence-electron chi connectivity index (χ4n) is 10.7. The molecule has 1 unspecified atom stereocenters. The zero-order chi connectivity index (χ0) is 48.8. The van der Waals surface area contributed by atoms with E-state index in [0.717, 1.165) is 76.0 Å². The molecule has 4 aromatic heterocycles. The Balaban J connectivity index is 0.000000162. The second kappa shape index (κ2) is 19.3. The van der Waals surface area contributed by atoms with E-state index in [4.69, 9.17) is 25.3 Å². The van der Waals surface area contributed by atoms with Crippen LogP contribution in [-0.4, -0.2) is 152 Å². The number of benzene rings is 1. The van der Waals surface area contributed by atoms with E-state index < -0.39 is 23.6 Å². The third-order valence-corrected chi connectivity index (χ3v) is 14.6. The lowest BCUT2D eigenvalue weighted by atomic mass is 9.71. The van der Waals surface area contributed by atoms with Crippen LogP contribution >= 0.6 is 0 Å². The molecule has 1 aliphatic carbocycles. The van der Waals surface area contributed by atoms with E-state index in [2.05, 4.69) is 61.2 Å². The number of anilines is 3. The van der Waals surface area contributed by atoms with E-state index in [1.807, 2.05) is 17.1 Å². The molecule has 6 aliphatic rings. The number of likely N-dealkylation sites (tertiary alicyclic amines) is 3. The van der Waals surface area contributed by atoms with Crippen LogP contribution in [0.1, 0.15) is 94.4 Å². The van der Waals surface area contributed by atoms with Crippen LogP contribution in [-0.2, 0) is 23.9 Å². The van der Waals surface area contributed by atoms with Crippen molar-refractivity contribution >= 4 is 52.4 Å². The van der Waals surface area contributed by atoms with Gasteiger partial charge in [-0.1, -0.05) is 5.16 Å². The van der Waals surface area contributed by atoms with E-state index in [9.17, 15) is 28.0 Å². The summed E-state index contributed by atoms with van der Waals surface area (Å²) in [6, 6.07) is 2.13. The normalized spacial score (nSPS) is 21.0. The largest absolute Gasteiger partial charge is 0.458 e. The van der Waals surface area contributed by atoms with Gasteiger partial charge in [-0.05, 0) is 103 Å². The van der Waals surface area contributed by atoms with Crippen molar-refractivity contribution in [3.8, 4) is 22.8 Å². The lowest BCUT2D eigenvalue weighted by molar-refractivity contribution is -0.145. The molecule has 1 aromatic carbocycles. The molecule has 1 saturated carbocycles. The van der Waals surface area contributed by atoms with E-state index in [0.29, 0.717) is 78.1 Å². The highest BCUT2D eigenvalue weighted by Gasteiger charge is 2.54. The number of fused-ring (bicyclic) bond motifs is 1. The Kier molecular flexibility index (Phi) is 12.9. The molecule has 22 heteroatoms. The van der Waals surface area contributed by atoms with Crippen molar-refractivity contribution in [2.24, 2.45) is 5.41 Å². The fourth-order valence-corrected chi connectivity index (χ4v) is 10.7. The molecule has 20 nitrogen and oxygen atoms in total. The van der Waals surface area contributed by atoms with E-state index >= 15 is 0 Å². The smallest absolute Gasteiger partial charge is 0.293 e. The number of hydrogen-bond donors (Lipinski definition) is 3. The molecule has 5 aliphatic heterocycles. The molecule has 370 valence electrons. The lowest BCUT2D eigenvalue weighted by Crippen LogP contribution is -2.74. The minimum absolute atomic E-state index is 0.0211. The number of nitrogens with one attached hydrogen (secondary N) is 2. The molecule has 1 spiro atoms. The Bertz CT molecular complexity index is 2750. The zero-order valence-corrected chi connectivity index (χ0v) is 39.6. The highest BCUT2D eigenvalue weighted by Crippen LogP contribution is 2.48. The molecule has 1 atom stereocenters. The average molecular weight is 965 g/mol. The highest BCUT2D eigenvalue weighted by molar-refractivity contribution is 6.02. The molecule has 5 saturated heterocycles. The molecule has 0 radical (unpaired) electrons. The summed E-state index contributed by atoms with van der Waals surface area (Å²) in [5, 5.41) is 15.0. The molecule has 0 bridgehead atoms. The quantitative estimate of drug-likeness (QED) is 0.117. The van der Waals surface area contributed by atoms with Gasteiger partial charge in [0.25, 0.3) is 12.4 Å². The number of nitrogen functional groups attached to an aromatic ring is 1. The first kappa shape index (κ1) is 47.0. The van der Waals surface area contributed by atoms with E-state index in [1.54, 1.807) is 9.80 Å². The summed E-state index contributed by atoms with van der Waals surface area (Å²) < 4.78 is 42.0. The first-order valence-electron chi connectivity index (χ1n) is 24.2. The van der Waals surface area contributed by atoms with Crippen LogP contribution in [0.25, 0.3) is 33.8 Å². The Hall–Kier alpha value is -6.68. The van der Waals surface area contributed by atoms with Crippen molar-refractivity contribution in [2.45, 2.75) is 95.2 Å². The summed E-state index contributed by atoms with van der Waals surface area (Å²) in [4.78, 5) is 71.9. The Morgan fingerprint density at radius 1 is 0.943 bits per heavy atom. The Morgan fingerprint density at radius 3 is 2.29 bits per heavy atom. The van der Waals surface area contributed by atoms with Crippen molar-refractivity contribution in [3.63, 3.8) is 0 Å². The van der Waals surface area contributed by atoms with E-state index in [1.165, 1.54) is 24.0 Å². The number of nitrogens with zero attached hydrogens (tertiary/aromatic N) is 11. The predicted molar refractivity (Wildman–Crippen MR) is 252 cm³/mol. The van der Waals surface area contributed by atoms with Crippen molar-refractivity contribution in [1.29, 1.82) is 0 Å². The number of rotatable bonds is 12. The second-order valence-corrected chi connectivity index (χ2v) is 20.0. The number of nitrogens with two attached hydrogens (primary N) is 1. The topological polar surface area (TPSA) is 236 Å². The number of piperidine rings is 3. The van der Waals surface area contributed by atoms with Crippen LogP contribution in [0.5, 0.6) is 0 Å². The summed E-state index contributed by atoms with van der Waals surface area (Å²) in [6.07, 6.45) is 11.9. The van der Waals surface area contributed by atoms with Crippen molar-refractivity contribution in [2.75, 3.05) is 82.0 Å². The van der Waals surface area contributed by atoms with Crippen molar-refractivity contribution in [3.05, 3.63) is 53.8 Å². The van der Waals surface area contributed by atoms with Crippen LogP contribution < -0.4 is 21.3 Å². The molecular formula is C48H58F2N14O6. The number of ether oxygens (including phenoxy) is 1. The highest BCUT2D eigenvalue weighted by atomic mass is 19.1. The molecule has 11 rings (SSSR count). The minimum Gasteiger partial charge on any atom is -0.458 e. The standard InChI is InChI=1S/C24H29F2N5O5.C24H29N9O/c25-17-7-15(27-19-1-2-20(33)28-23(19)35)8-18(26)22(17)31-12-24(13-31)10-30(11-24)16-3-5-29(6-4-16)21(34)9-36-14-32;1-13(2)33-24-18(22(25)28-12-29-24)19(30-33)20-17(21(34-31-20)15-4-5-15)23-26-10-16(11-27-23)14-6-8-32(3)9-7-14/h7-8,14,16,19,27H,1-6,9-13H2,(H,28,33,35);10-15H,4-9H2,1-3H3,(H2,25,28,29). The monoisotopic (exact) mass is 964 g/mol. The molecule has 9 heterocycles. The number of carbonyl (C=O) groups is 4. The average Bonchev–Trinajstić information content (AvgIpc) is 3.94. The van der Waals surface area contributed by atoms with Gasteiger partial charge in [0.05, 0.1) is 10.9 Å². The Morgan fingerprint density at radius 2 is 1.64 bits per heavy atom. The maximum atomic E-state index is 14.9. The minimum atomic E-state index is -0.713. The number of halogens is 2. The van der Waals surface area contributed by atoms with Gasteiger partial charge < -0.3 is 35.0 Å². The van der Waals surface area contributed by atoms with Crippen LogP contribution in [0, 0.1) is 17.0 Å². The maximum Gasteiger partial charge on any atom is 0.293 e. The molecule has 70 heavy (non-hydrogen) atoms. The van der Waals surface area contributed by atoms with Crippen LogP contribution in [0.3, 0.4) is 0 Å². The first-order valence-corrected chi connectivity index (χ1v) is 24.2. The maximum absolute atomic E-state index is 14.9. The molecule has 3 amide bonds. The summed E-state index contributed by atoms with van der Waals surface area (Å²) in [5.41, 5.74) is 10.3. The third kappa shape index (κ3) is 9.37. The number of amides is 3. The van der Waals surface area contributed by atoms with Crippen LogP contribution in [0.4, 0.5) is 26.0 Å². The Labute approximate surface area is 402 Å². The van der Waals surface area contributed by atoms with Gasteiger partial charge in [0.1, 0.15) is 35.3 Å². The van der Waals surface area contributed by atoms with Gasteiger partial charge in [-0.15, -0.1) is 0 Å². The van der Waals surface area contributed by atoms with Gasteiger partial charge in [-0.25, -0.2) is 33.4 Å².